The minimum Gasteiger partial charge on any atom is -0.356 e. The van der Waals surface area contributed by atoms with Gasteiger partial charge in [0.15, 0.2) is 0 Å². The van der Waals surface area contributed by atoms with Crippen LogP contribution in [0.15, 0.2) is 4.79 Å². The van der Waals surface area contributed by atoms with Crippen LogP contribution in [0, 0.1) is 5.92 Å². The second kappa shape index (κ2) is 5.33. The molecule has 0 amide bonds. The summed E-state index contributed by atoms with van der Waals surface area (Å²) >= 11 is 0. The average Bonchev–Trinajstić information content (AvgIpc) is 2.64. The number of nitrogens with one attached hydrogen (secondary N) is 2. The highest BCUT2D eigenvalue weighted by Gasteiger charge is 2.22. The van der Waals surface area contributed by atoms with Crippen LogP contribution in [-0.2, 0) is 12.8 Å². The van der Waals surface area contributed by atoms with Crippen molar-refractivity contribution in [2.45, 2.75) is 32.6 Å². The van der Waals surface area contributed by atoms with Gasteiger partial charge >= 0.3 is 5.69 Å². The monoisotopic (exact) mass is 262 g/mol. The molecule has 3 rings (SSSR count). The Labute approximate surface area is 113 Å². The zero-order valence-corrected chi connectivity index (χ0v) is 11.5. The van der Waals surface area contributed by atoms with E-state index in [1.54, 1.807) is 0 Å². The van der Waals surface area contributed by atoms with E-state index in [4.69, 9.17) is 0 Å². The lowest BCUT2D eigenvalue weighted by Crippen LogP contribution is -2.36. The Bertz CT molecular complexity index is 503. The Kier molecular flexibility index (Phi) is 3.55. The Hall–Kier alpha value is -1.36. The molecule has 2 N–H and O–H groups in total. The van der Waals surface area contributed by atoms with Crippen LogP contribution in [0.25, 0.3) is 0 Å². The van der Waals surface area contributed by atoms with Crippen molar-refractivity contribution in [3.05, 3.63) is 21.7 Å². The number of anilines is 1. The van der Waals surface area contributed by atoms with Crippen molar-refractivity contribution in [3.63, 3.8) is 0 Å². The van der Waals surface area contributed by atoms with Crippen LogP contribution in [0.2, 0.25) is 0 Å². The van der Waals surface area contributed by atoms with Crippen molar-refractivity contribution in [1.82, 2.24) is 15.3 Å². The Morgan fingerprint density at radius 2 is 1.95 bits per heavy atom. The number of H-pyrrole nitrogens is 1. The van der Waals surface area contributed by atoms with E-state index in [1.807, 2.05) is 0 Å². The molecule has 0 aliphatic carbocycles. The van der Waals surface area contributed by atoms with Gasteiger partial charge in [-0.15, -0.1) is 0 Å². The zero-order chi connectivity index (χ0) is 13.2. The summed E-state index contributed by atoms with van der Waals surface area (Å²) in [5, 5.41) is 3.38. The second-order valence-electron chi connectivity index (χ2n) is 5.74. The van der Waals surface area contributed by atoms with Gasteiger partial charge in [-0.3, -0.25) is 0 Å². The van der Waals surface area contributed by atoms with Crippen LogP contribution in [0.3, 0.4) is 0 Å². The predicted octanol–water partition coefficient (Wildman–Crippen LogP) is 0.694. The first-order valence-corrected chi connectivity index (χ1v) is 7.32. The molecule has 19 heavy (non-hydrogen) atoms. The van der Waals surface area contributed by atoms with Gasteiger partial charge in [-0.05, 0) is 31.7 Å². The highest BCUT2D eigenvalue weighted by molar-refractivity contribution is 5.49. The van der Waals surface area contributed by atoms with E-state index >= 15 is 0 Å². The fraction of sp³-hybridized carbons (Fsp3) is 0.714. The molecule has 5 heteroatoms. The molecule has 0 bridgehead atoms. The summed E-state index contributed by atoms with van der Waals surface area (Å²) in [5.74, 6) is 1.73. The highest BCUT2D eigenvalue weighted by Crippen LogP contribution is 2.25. The van der Waals surface area contributed by atoms with Crippen molar-refractivity contribution < 1.29 is 0 Å². The number of aromatic nitrogens is 2. The molecular weight excluding hydrogens is 240 g/mol. The third-order valence-corrected chi connectivity index (χ3v) is 4.29. The number of aromatic amines is 1. The van der Waals surface area contributed by atoms with E-state index in [9.17, 15) is 4.79 Å². The van der Waals surface area contributed by atoms with Crippen LogP contribution >= 0.6 is 0 Å². The van der Waals surface area contributed by atoms with Gasteiger partial charge in [0.1, 0.15) is 5.82 Å². The minimum absolute atomic E-state index is 0.200. The molecule has 1 saturated heterocycles. The molecule has 2 aliphatic rings. The van der Waals surface area contributed by atoms with Gasteiger partial charge in [-0.1, -0.05) is 6.92 Å². The van der Waals surface area contributed by atoms with Crippen molar-refractivity contribution >= 4 is 5.82 Å². The summed E-state index contributed by atoms with van der Waals surface area (Å²) in [6, 6.07) is 0. The van der Waals surface area contributed by atoms with Gasteiger partial charge in [-0.25, -0.2) is 4.79 Å². The first-order valence-electron chi connectivity index (χ1n) is 7.32. The van der Waals surface area contributed by atoms with E-state index < -0.39 is 0 Å². The summed E-state index contributed by atoms with van der Waals surface area (Å²) in [4.78, 5) is 21.3. The standard InChI is InChI=1S/C14H22N4O/c1-10-4-8-18(9-5-10)13-11-2-6-15-7-3-12(11)16-14(19)17-13/h10,15H,2-9H2,1H3,(H,16,17,19). The van der Waals surface area contributed by atoms with Crippen LogP contribution < -0.4 is 15.9 Å². The quantitative estimate of drug-likeness (QED) is 0.782. The maximum Gasteiger partial charge on any atom is 0.347 e. The van der Waals surface area contributed by atoms with E-state index in [0.717, 1.165) is 56.5 Å². The number of nitrogens with zero attached hydrogens (tertiary/aromatic N) is 2. The smallest absolute Gasteiger partial charge is 0.347 e. The molecule has 0 atom stereocenters. The molecule has 1 fully saturated rings. The van der Waals surface area contributed by atoms with E-state index in [2.05, 4.69) is 27.1 Å². The molecule has 2 aliphatic heterocycles. The Morgan fingerprint density at radius 1 is 1.21 bits per heavy atom. The maximum absolute atomic E-state index is 11.8. The summed E-state index contributed by atoms with van der Waals surface area (Å²) in [6.07, 6.45) is 4.24. The van der Waals surface area contributed by atoms with Crippen molar-refractivity contribution in [2.75, 3.05) is 31.1 Å². The van der Waals surface area contributed by atoms with Gasteiger partial charge < -0.3 is 15.2 Å². The van der Waals surface area contributed by atoms with Crippen LogP contribution in [-0.4, -0.2) is 36.1 Å². The Morgan fingerprint density at radius 3 is 2.74 bits per heavy atom. The SMILES string of the molecule is CC1CCN(c2nc(=O)[nH]c3c2CCNCC3)CC1. The van der Waals surface area contributed by atoms with Gasteiger partial charge in [0, 0.05) is 37.3 Å². The lowest BCUT2D eigenvalue weighted by molar-refractivity contribution is 0.435. The highest BCUT2D eigenvalue weighted by atomic mass is 16.1. The van der Waals surface area contributed by atoms with Crippen LogP contribution in [0.1, 0.15) is 31.0 Å². The first kappa shape index (κ1) is 12.7. The van der Waals surface area contributed by atoms with Crippen LogP contribution in [0.5, 0.6) is 0 Å². The summed E-state index contributed by atoms with van der Waals surface area (Å²) in [7, 11) is 0. The molecule has 104 valence electrons. The lowest BCUT2D eigenvalue weighted by Gasteiger charge is -2.32. The molecule has 0 saturated carbocycles. The van der Waals surface area contributed by atoms with E-state index in [-0.39, 0.29) is 5.69 Å². The molecule has 1 aromatic heterocycles. The summed E-state index contributed by atoms with van der Waals surface area (Å²) in [5.41, 5.74) is 2.13. The normalized spacial score (nSPS) is 21.0. The summed E-state index contributed by atoms with van der Waals surface area (Å²) < 4.78 is 0. The molecule has 5 nitrogen and oxygen atoms in total. The zero-order valence-electron chi connectivity index (χ0n) is 11.5. The number of rotatable bonds is 1. The molecule has 0 aromatic carbocycles. The molecule has 0 unspecified atom stereocenters. The largest absolute Gasteiger partial charge is 0.356 e. The lowest BCUT2D eigenvalue weighted by atomic mass is 9.98. The van der Waals surface area contributed by atoms with Gasteiger partial charge in [0.25, 0.3) is 0 Å². The van der Waals surface area contributed by atoms with Gasteiger partial charge in [0.05, 0.1) is 0 Å². The van der Waals surface area contributed by atoms with Gasteiger partial charge in [0.2, 0.25) is 0 Å². The number of hydrogen-bond donors (Lipinski definition) is 2. The number of fused-ring (bicyclic) bond motifs is 1. The predicted molar refractivity (Wildman–Crippen MR) is 75.7 cm³/mol. The molecular formula is C14H22N4O. The third kappa shape index (κ3) is 2.66. The fourth-order valence-electron chi connectivity index (χ4n) is 3.04. The van der Waals surface area contributed by atoms with Crippen LogP contribution in [0.4, 0.5) is 5.82 Å². The minimum atomic E-state index is -0.200. The van der Waals surface area contributed by atoms with E-state index in [0.29, 0.717) is 0 Å². The van der Waals surface area contributed by atoms with Gasteiger partial charge in [-0.2, -0.15) is 4.98 Å². The van der Waals surface area contributed by atoms with Crippen molar-refractivity contribution in [2.24, 2.45) is 5.92 Å². The number of hydrogen-bond acceptors (Lipinski definition) is 4. The topological polar surface area (TPSA) is 61.0 Å². The first-order chi connectivity index (χ1) is 9.24. The Balaban J connectivity index is 1.96. The van der Waals surface area contributed by atoms with E-state index in [1.165, 1.54) is 18.4 Å². The average molecular weight is 262 g/mol. The second-order valence-corrected chi connectivity index (χ2v) is 5.74. The number of piperidine rings is 1. The molecule has 1 aromatic rings. The fourth-order valence-corrected chi connectivity index (χ4v) is 3.04. The molecule has 3 heterocycles. The van der Waals surface area contributed by atoms with Crippen molar-refractivity contribution in [1.29, 1.82) is 0 Å². The van der Waals surface area contributed by atoms with Crippen molar-refractivity contribution in [3.8, 4) is 0 Å². The molecule has 0 spiro atoms. The maximum atomic E-state index is 11.8. The summed E-state index contributed by atoms with van der Waals surface area (Å²) in [6.45, 7) is 6.25. The third-order valence-electron chi connectivity index (χ3n) is 4.29. The molecule has 0 radical (unpaired) electrons.